The second-order valence-corrected chi connectivity index (χ2v) is 8.61. The average Bonchev–Trinajstić information content (AvgIpc) is 3.54. The number of imidazole rings is 1. The third kappa shape index (κ3) is 3.66. The van der Waals surface area contributed by atoms with Crippen molar-refractivity contribution in [3.05, 3.63) is 77.5 Å². The zero-order valence-corrected chi connectivity index (χ0v) is 17.8. The highest BCUT2D eigenvalue weighted by atomic mass is 32.1. The van der Waals surface area contributed by atoms with Crippen molar-refractivity contribution in [3.63, 3.8) is 0 Å². The lowest BCUT2D eigenvalue weighted by atomic mass is 10.0. The predicted octanol–water partition coefficient (Wildman–Crippen LogP) is 4.92. The van der Waals surface area contributed by atoms with Crippen LogP contribution in [0.1, 0.15) is 27.2 Å². The number of nitrogens with zero attached hydrogens (tertiary/aromatic N) is 4. The van der Waals surface area contributed by atoms with Crippen LogP contribution in [0.2, 0.25) is 0 Å². The predicted molar refractivity (Wildman–Crippen MR) is 121 cm³/mol. The highest BCUT2D eigenvalue weighted by Crippen LogP contribution is 2.36. The highest BCUT2D eigenvalue weighted by Gasteiger charge is 2.18. The molecular formula is C23H21N5O2S. The molecule has 4 aromatic heterocycles. The third-order valence-corrected chi connectivity index (χ3v) is 6.55. The van der Waals surface area contributed by atoms with Crippen LogP contribution in [0.25, 0.3) is 27.2 Å². The standard InChI is InChI=1S/C23H21N5O2S/c1-15-9-17(27-8-6-24-14-27)4-5-18(15)19-10-21-20(11-22(31-21)23(29)30)28(19)7-2-3-16-12-25-26-13-16/h4-6,8-14H,2-3,7H2,1H3,(H,25,26)(H,29,30). The Kier molecular flexibility index (Phi) is 4.91. The van der Waals surface area contributed by atoms with Crippen molar-refractivity contribution < 1.29 is 9.90 Å². The Bertz CT molecular complexity index is 1350. The largest absolute Gasteiger partial charge is 0.477 e. The van der Waals surface area contributed by atoms with Gasteiger partial charge in [-0.25, -0.2) is 9.78 Å². The Labute approximate surface area is 182 Å². The van der Waals surface area contributed by atoms with Crippen LogP contribution in [0, 0.1) is 6.92 Å². The van der Waals surface area contributed by atoms with Gasteiger partial charge < -0.3 is 14.2 Å². The van der Waals surface area contributed by atoms with Crippen molar-refractivity contribution >= 4 is 27.5 Å². The lowest BCUT2D eigenvalue weighted by Crippen LogP contribution is -2.03. The van der Waals surface area contributed by atoms with E-state index in [2.05, 4.69) is 50.9 Å². The molecule has 7 nitrogen and oxygen atoms in total. The molecule has 0 saturated carbocycles. The van der Waals surface area contributed by atoms with Gasteiger partial charge in [0.15, 0.2) is 0 Å². The maximum absolute atomic E-state index is 11.5. The molecule has 0 atom stereocenters. The van der Waals surface area contributed by atoms with Crippen molar-refractivity contribution in [3.8, 4) is 16.9 Å². The number of carbonyl (C=O) groups is 1. The monoisotopic (exact) mass is 431 g/mol. The number of hydrogen-bond donors (Lipinski definition) is 2. The van der Waals surface area contributed by atoms with Gasteiger partial charge in [-0.05, 0) is 55.2 Å². The fourth-order valence-electron chi connectivity index (χ4n) is 3.97. The molecule has 2 N–H and O–H groups in total. The minimum Gasteiger partial charge on any atom is -0.477 e. The van der Waals surface area contributed by atoms with E-state index in [4.69, 9.17) is 0 Å². The van der Waals surface area contributed by atoms with Crippen molar-refractivity contribution in [2.45, 2.75) is 26.3 Å². The molecule has 1 aromatic carbocycles. The van der Waals surface area contributed by atoms with E-state index in [1.54, 1.807) is 18.6 Å². The van der Waals surface area contributed by atoms with Gasteiger partial charge in [0.05, 0.1) is 28.4 Å². The molecule has 156 valence electrons. The van der Waals surface area contributed by atoms with E-state index in [1.165, 1.54) is 16.9 Å². The van der Waals surface area contributed by atoms with Crippen molar-refractivity contribution in [1.82, 2.24) is 24.3 Å². The summed E-state index contributed by atoms with van der Waals surface area (Å²) in [6.45, 7) is 2.90. The van der Waals surface area contributed by atoms with Crippen LogP contribution in [0.5, 0.6) is 0 Å². The molecule has 0 radical (unpaired) electrons. The van der Waals surface area contributed by atoms with E-state index < -0.39 is 5.97 Å². The summed E-state index contributed by atoms with van der Waals surface area (Å²) in [5.41, 5.74) is 6.62. The number of rotatable bonds is 7. The Morgan fingerprint density at radius 1 is 1.26 bits per heavy atom. The van der Waals surface area contributed by atoms with Crippen LogP contribution in [0.15, 0.2) is 61.4 Å². The molecule has 0 unspecified atom stereocenters. The van der Waals surface area contributed by atoms with Crippen molar-refractivity contribution in [2.24, 2.45) is 0 Å². The number of aromatic amines is 1. The number of aryl methyl sites for hydroxylation is 3. The van der Waals surface area contributed by atoms with Crippen LogP contribution in [0.4, 0.5) is 0 Å². The fraction of sp³-hybridized carbons (Fsp3) is 0.174. The number of nitrogens with one attached hydrogen (secondary N) is 1. The molecule has 0 fully saturated rings. The molecule has 8 heteroatoms. The normalized spacial score (nSPS) is 11.4. The van der Waals surface area contributed by atoms with Crippen LogP contribution in [-0.4, -0.2) is 35.4 Å². The summed E-state index contributed by atoms with van der Waals surface area (Å²) >= 11 is 1.33. The number of carboxylic acids is 1. The molecule has 5 aromatic rings. The van der Waals surface area contributed by atoms with Crippen LogP contribution in [-0.2, 0) is 13.0 Å². The first-order chi connectivity index (χ1) is 15.1. The van der Waals surface area contributed by atoms with E-state index in [1.807, 2.05) is 23.2 Å². The number of thiophene rings is 1. The van der Waals surface area contributed by atoms with Gasteiger partial charge in [0, 0.05) is 36.4 Å². The lowest BCUT2D eigenvalue weighted by molar-refractivity contribution is 0.0702. The molecule has 31 heavy (non-hydrogen) atoms. The SMILES string of the molecule is Cc1cc(-n2ccnc2)ccc1-c1cc2sc(C(=O)O)cc2n1CCCc1cn[nH]c1. The van der Waals surface area contributed by atoms with Gasteiger partial charge in [0.25, 0.3) is 0 Å². The molecular weight excluding hydrogens is 410 g/mol. The Morgan fingerprint density at radius 3 is 2.87 bits per heavy atom. The number of fused-ring (bicyclic) bond motifs is 1. The molecule has 0 aliphatic carbocycles. The molecule has 5 rings (SSSR count). The summed E-state index contributed by atoms with van der Waals surface area (Å²) in [6, 6.07) is 10.3. The maximum atomic E-state index is 11.5. The van der Waals surface area contributed by atoms with E-state index >= 15 is 0 Å². The summed E-state index contributed by atoms with van der Waals surface area (Å²) in [5.74, 6) is -0.881. The highest BCUT2D eigenvalue weighted by molar-refractivity contribution is 7.20. The summed E-state index contributed by atoms with van der Waals surface area (Å²) in [4.78, 5) is 16.0. The minimum absolute atomic E-state index is 0.368. The van der Waals surface area contributed by atoms with Crippen LogP contribution in [0.3, 0.4) is 0 Å². The Balaban J connectivity index is 1.53. The molecule has 0 saturated heterocycles. The van der Waals surface area contributed by atoms with Crippen molar-refractivity contribution in [2.75, 3.05) is 0 Å². The lowest BCUT2D eigenvalue weighted by Gasteiger charge is -2.14. The molecule has 0 amide bonds. The zero-order chi connectivity index (χ0) is 21.4. The fourth-order valence-corrected chi connectivity index (χ4v) is 4.91. The first-order valence-corrected chi connectivity index (χ1v) is 10.8. The van der Waals surface area contributed by atoms with E-state index in [0.29, 0.717) is 4.88 Å². The first-order valence-electron chi connectivity index (χ1n) is 10.0. The van der Waals surface area contributed by atoms with Gasteiger partial charge >= 0.3 is 5.97 Å². The van der Waals surface area contributed by atoms with Crippen LogP contribution < -0.4 is 0 Å². The summed E-state index contributed by atoms with van der Waals surface area (Å²) in [7, 11) is 0. The van der Waals surface area contributed by atoms with Gasteiger partial charge in [-0.2, -0.15) is 5.10 Å². The molecule has 4 heterocycles. The zero-order valence-electron chi connectivity index (χ0n) is 16.9. The smallest absolute Gasteiger partial charge is 0.345 e. The second-order valence-electron chi connectivity index (χ2n) is 7.53. The number of hydrogen-bond acceptors (Lipinski definition) is 4. The van der Waals surface area contributed by atoms with Gasteiger partial charge in [0.2, 0.25) is 0 Å². The number of aromatic nitrogens is 5. The summed E-state index contributed by atoms with van der Waals surface area (Å²) in [5, 5.41) is 16.3. The average molecular weight is 432 g/mol. The van der Waals surface area contributed by atoms with Gasteiger partial charge in [-0.15, -0.1) is 11.3 Å². The van der Waals surface area contributed by atoms with E-state index in [-0.39, 0.29) is 0 Å². The Morgan fingerprint density at radius 2 is 2.16 bits per heavy atom. The van der Waals surface area contributed by atoms with Gasteiger partial charge in [0.1, 0.15) is 4.88 Å². The summed E-state index contributed by atoms with van der Waals surface area (Å²) < 4.78 is 5.23. The van der Waals surface area contributed by atoms with Crippen molar-refractivity contribution in [1.29, 1.82) is 0 Å². The Hall–Kier alpha value is -3.65. The molecule has 0 bridgehead atoms. The van der Waals surface area contributed by atoms with Gasteiger partial charge in [-0.1, -0.05) is 6.07 Å². The molecule has 0 aliphatic rings. The first kappa shape index (κ1) is 19.3. The summed E-state index contributed by atoms with van der Waals surface area (Å²) in [6.07, 6.45) is 11.1. The maximum Gasteiger partial charge on any atom is 0.345 e. The van der Waals surface area contributed by atoms with E-state index in [9.17, 15) is 9.90 Å². The van der Waals surface area contributed by atoms with Crippen LogP contribution >= 0.6 is 11.3 Å². The third-order valence-electron chi connectivity index (χ3n) is 5.49. The molecule has 0 aliphatic heterocycles. The van der Waals surface area contributed by atoms with E-state index in [0.717, 1.165) is 52.1 Å². The number of carboxylic acid groups (broad SMARTS) is 1. The minimum atomic E-state index is -0.881. The number of H-pyrrole nitrogens is 1. The quantitative estimate of drug-likeness (QED) is 0.383. The number of benzene rings is 1. The second kappa shape index (κ2) is 7.88. The molecule has 0 spiro atoms. The number of aromatic carboxylic acids is 1. The van der Waals surface area contributed by atoms with Gasteiger partial charge in [-0.3, -0.25) is 5.10 Å². The topological polar surface area (TPSA) is 88.7 Å².